The van der Waals surface area contributed by atoms with Crippen LogP contribution in [0.2, 0.25) is 0 Å². The van der Waals surface area contributed by atoms with Crippen LogP contribution in [-0.2, 0) is 0 Å². The second-order valence-electron chi connectivity index (χ2n) is 6.56. The van der Waals surface area contributed by atoms with E-state index in [-0.39, 0.29) is 0 Å². The Bertz CT molecular complexity index is 318. The Morgan fingerprint density at radius 3 is 1.85 bits per heavy atom. The fourth-order valence-corrected chi connectivity index (χ4v) is 4.28. The summed E-state index contributed by atoms with van der Waals surface area (Å²) in [5.41, 5.74) is 2.02. The first-order chi connectivity index (χ1) is 9.56. The zero-order chi connectivity index (χ0) is 15.2. The highest BCUT2D eigenvalue weighted by atomic mass is 15.0. The van der Waals surface area contributed by atoms with Crippen molar-refractivity contribution in [3.63, 3.8) is 0 Å². The molecular weight excluding hydrogens is 242 g/mol. The molecule has 0 aromatic carbocycles. The lowest BCUT2D eigenvalue weighted by molar-refractivity contribution is 0.149. The van der Waals surface area contributed by atoms with Crippen LogP contribution in [0.3, 0.4) is 0 Å². The number of rotatable bonds is 9. The summed E-state index contributed by atoms with van der Waals surface area (Å²) in [7, 11) is 4.36. The molecule has 0 saturated heterocycles. The van der Waals surface area contributed by atoms with E-state index in [0.29, 0.717) is 5.41 Å². The summed E-state index contributed by atoms with van der Waals surface area (Å²) < 4.78 is 0. The normalized spacial score (nSPS) is 17.6. The highest BCUT2D eigenvalue weighted by molar-refractivity contribution is 5.36. The van der Waals surface area contributed by atoms with Crippen LogP contribution in [0.1, 0.15) is 59.8 Å². The number of hydrogen-bond acceptors (Lipinski definition) is 1. The molecule has 1 nitrogen and oxygen atoms in total. The lowest BCUT2D eigenvalue weighted by Crippen LogP contribution is -2.37. The smallest absolute Gasteiger partial charge is 0.0153 e. The van der Waals surface area contributed by atoms with Crippen LogP contribution >= 0.6 is 0 Å². The molecular formula is C19H35N. The summed E-state index contributed by atoms with van der Waals surface area (Å²) in [6.45, 7) is 10.6. The van der Waals surface area contributed by atoms with Gasteiger partial charge in [-0.05, 0) is 32.4 Å². The van der Waals surface area contributed by atoms with Crippen LogP contribution in [0.15, 0.2) is 23.8 Å². The fourth-order valence-electron chi connectivity index (χ4n) is 4.28. The SMILES string of the molecule is CCC(CC)C1(C(CC)CC)C=CC=C1CCN(C)C. The highest BCUT2D eigenvalue weighted by Gasteiger charge is 2.44. The molecule has 1 aliphatic rings. The van der Waals surface area contributed by atoms with Crippen molar-refractivity contribution >= 4 is 0 Å². The Labute approximate surface area is 127 Å². The van der Waals surface area contributed by atoms with Crippen molar-refractivity contribution in [3.8, 4) is 0 Å². The van der Waals surface area contributed by atoms with Gasteiger partial charge in [0.1, 0.15) is 0 Å². The Balaban J connectivity index is 3.09. The zero-order valence-corrected chi connectivity index (χ0v) is 14.6. The summed E-state index contributed by atoms with van der Waals surface area (Å²) in [4.78, 5) is 2.31. The molecule has 1 aliphatic carbocycles. The van der Waals surface area contributed by atoms with Gasteiger partial charge < -0.3 is 4.90 Å². The summed E-state index contributed by atoms with van der Waals surface area (Å²) in [6.07, 6.45) is 13.7. The van der Waals surface area contributed by atoms with Gasteiger partial charge in [0.15, 0.2) is 0 Å². The van der Waals surface area contributed by atoms with Crippen LogP contribution in [0.25, 0.3) is 0 Å². The van der Waals surface area contributed by atoms with Gasteiger partial charge in [-0.25, -0.2) is 0 Å². The third-order valence-electron chi connectivity index (χ3n) is 5.38. The topological polar surface area (TPSA) is 3.24 Å². The first-order valence-electron chi connectivity index (χ1n) is 8.60. The maximum Gasteiger partial charge on any atom is 0.0153 e. The molecule has 0 N–H and O–H groups in total. The van der Waals surface area contributed by atoms with Gasteiger partial charge in [-0.3, -0.25) is 0 Å². The van der Waals surface area contributed by atoms with E-state index in [1.807, 2.05) is 0 Å². The van der Waals surface area contributed by atoms with Crippen LogP contribution in [0.5, 0.6) is 0 Å². The van der Waals surface area contributed by atoms with Crippen molar-refractivity contribution in [2.24, 2.45) is 17.3 Å². The molecule has 0 radical (unpaired) electrons. The van der Waals surface area contributed by atoms with Gasteiger partial charge in [-0.1, -0.05) is 77.2 Å². The molecule has 0 saturated carbocycles. The van der Waals surface area contributed by atoms with Crippen LogP contribution in [-0.4, -0.2) is 25.5 Å². The average molecular weight is 277 g/mol. The van der Waals surface area contributed by atoms with Crippen molar-refractivity contribution < 1.29 is 0 Å². The van der Waals surface area contributed by atoms with E-state index < -0.39 is 0 Å². The predicted octanol–water partition coefficient (Wildman–Crippen LogP) is 5.29. The molecule has 0 amide bonds. The third kappa shape index (κ3) is 3.36. The number of allylic oxidation sites excluding steroid dienone is 3. The largest absolute Gasteiger partial charge is 0.309 e. The molecule has 0 unspecified atom stereocenters. The molecule has 20 heavy (non-hydrogen) atoms. The van der Waals surface area contributed by atoms with Gasteiger partial charge in [0.25, 0.3) is 0 Å². The van der Waals surface area contributed by atoms with Crippen LogP contribution in [0, 0.1) is 17.3 Å². The molecule has 0 heterocycles. The molecule has 0 aliphatic heterocycles. The fraction of sp³-hybridized carbons (Fsp3) is 0.789. The van der Waals surface area contributed by atoms with Crippen LogP contribution < -0.4 is 0 Å². The minimum absolute atomic E-state index is 0.336. The van der Waals surface area contributed by atoms with Crippen molar-refractivity contribution in [2.75, 3.05) is 20.6 Å². The molecule has 1 heteroatoms. The maximum absolute atomic E-state index is 2.55. The average Bonchev–Trinajstić information content (AvgIpc) is 2.84. The van der Waals surface area contributed by atoms with E-state index in [1.165, 1.54) is 32.1 Å². The molecule has 0 bridgehead atoms. The Morgan fingerprint density at radius 2 is 1.45 bits per heavy atom. The summed E-state index contributed by atoms with van der Waals surface area (Å²) in [6, 6.07) is 0. The van der Waals surface area contributed by atoms with E-state index in [0.717, 1.165) is 18.4 Å². The van der Waals surface area contributed by atoms with Crippen molar-refractivity contribution in [2.45, 2.75) is 59.8 Å². The van der Waals surface area contributed by atoms with Gasteiger partial charge in [0, 0.05) is 12.0 Å². The number of nitrogens with zero attached hydrogens (tertiary/aromatic N) is 1. The highest BCUT2D eigenvalue weighted by Crippen LogP contribution is 2.53. The molecule has 0 aromatic heterocycles. The van der Waals surface area contributed by atoms with E-state index in [9.17, 15) is 0 Å². The predicted molar refractivity (Wildman–Crippen MR) is 91.0 cm³/mol. The molecule has 0 atom stereocenters. The van der Waals surface area contributed by atoms with Gasteiger partial charge in [0.05, 0.1) is 0 Å². The summed E-state index contributed by atoms with van der Waals surface area (Å²) in [5, 5.41) is 0. The first kappa shape index (κ1) is 17.5. The van der Waals surface area contributed by atoms with Crippen LogP contribution in [0.4, 0.5) is 0 Å². The zero-order valence-electron chi connectivity index (χ0n) is 14.6. The monoisotopic (exact) mass is 277 g/mol. The first-order valence-corrected chi connectivity index (χ1v) is 8.60. The third-order valence-corrected chi connectivity index (χ3v) is 5.38. The minimum Gasteiger partial charge on any atom is -0.309 e. The standard InChI is InChI=1S/C19H35N/c1-7-16(8-2)19(17(9-3)10-4)14-11-12-18(19)13-15-20(5)6/h11-12,14,16-17H,7-10,13,15H2,1-6H3. The van der Waals surface area contributed by atoms with Gasteiger partial charge in [-0.15, -0.1) is 0 Å². The summed E-state index contributed by atoms with van der Waals surface area (Å²) in [5.74, 6) is 1.58. The molecule has 0 fully saturated rings. The Morgan fingerprint density at radius 1 is 0.950 bits per heavy atom. The van der Waals surface area contributed by atoms with E-state index in [4.69, 9.17) is 0 Å². The Kier molecular flexibility index (Phi) is 7.02. The lowest BCUT2D eigenvalue weighted by Gasteiger charge is -2.45. The van der Waals surface area contributed by atoms with Gasteiger partial charge in [0.2, 0.25) is 0 Å². The Hall–Kier alpha value is -0.560. The van der Waals surface area contributed by atoms with E-state index in [2.05, 4.69) is 64.9 Å². The molecule has 1 rings (SSSR count). The van der Waals surface area contributed by atoms with Gasteiger partial charge >= 0.3 is 0 Å². The summed E-state index contributed by atoms with van der Waals surface area (Å²) >= 11 is 0. The van der Waals surface area contributed by atoms with Gasteiger partial charge in [-0.2, -0.15) is 0 Å². The van der Waals surface area contributed by atoms with Crippen molar-refractivity contribution in [3.05, 3.63) is 23.8 Å². The number of hydrogen-bond donors (Lipinski definition) is 0. The minimum atomic E-state index is 0.336. The maximum atomic E-state index is 2.55. The lowest BCUT2D eigenvalue weighted by atomic mass is 9.59. The van der Waals surface area contributed by atoms with E-state index >= 15 is 0 Å². The second-order valence-corrected chi connectivity index (χ2v) is 6.56. The second kappa shape index (κ2) is 8.02. The molecule has 0 spiro atoms. The molecule has 0 aromatic rings. The van der Waals surface area contributed by atoms with E-state index in [1.54, 1.807) is 5.57 Å². The van der Waals surface area contributed by atoms with Crippen molar-refractivity contribution in [1.82, 2.24) is 4.90 Å². The molecule has 116 valence electrons. The quantitative estimate of drug-likeness (QED) is 0.553. The van der Waals surface area contributed by atoms with Crippen molar-refractivity contribution in [1.29, 1.82) is 0 Å².